The van der Waals surface area contributed by atoms with Gasteiger partial charge in [0.1, 0.15) is 0 Å². The smallest absolute Gasteiger partial charge is 0.0937 e. The molecule has 2 aliphatic rings. The maximum absolute atomic E-state index is 5.17. The van der Waals surface area contributed by atoms with Gasteiger partial charge in [-0.1, -0.05) is 121 Å². The van der Waals surface area contributed by atoms with Crippen LogP contribution in [-0.2, 0) is 5.41 Å². The summed E-state index contributed by atoms with van der Waals surface area (Å²) >= 11 is 0. The van der Waals surface area contributed by atoms with Crippen molar-refractivity contribution in [2.45, 2.75) is 5.41 Å². The summed E-state index contributed by atoms with van der Waals surface area (Å²) in [4.78, 5) is 17.6. The maximum atomic E-state index is 5.17. The van der Waals surface area contributed by atoms with Crippen LogP contribution in [0.15, 0.2) is 267 Å². The van der Waals surface area contributed by atoms with Crippen LogP contribution >= 0.6 is 0 Å². The van der Waals surface area contributed by atoms with Gasteiger partial charge in [-0.2, -0.15) is 0 Å². The molecule has 3 aromatic heterocycles. The SMILES string of the molecule is c1ccc(N(c2ccccc2)c2ccc3c(c2)C2(c4cc(N(c5ccccc5)c5ccccc5)ccc4N3c3ccc4c(c3)c3ccccc3n4-c3ccccc3)c3cccnc3-c3ncccc32)cc1. The van der Waals surface area contributed by atoms with Gasteiger partial charge in [-0.05, 0) is 156 Å². The Morgan fingerprint density at radius 2 is 0.746 bits per heavy atom. The van der Waals surface area contributed by atoms with Crippen LogP contribution in [0.3, 0.4) is 0 Å². The van der Waals surface area contributed by atoms with Crippen LogP contribution in [0.4, 0.5) is 51.2 Å². The molecule has 0 atom stereocenters. The third-order valence-electron chi connectivity index (χ3n) is 14.4. The molecule has 9 aromatic carbocycles. The molecule has 1 spiro atoms. The van der Waals surface area contributed by atoms with Gasteiger partial charge in [-0.3, -0.25) is 9.97 Å². The summed E-state index contributed by atoms with van der Waals surface area (Å²) in [7, 11) is 0. The number of hydrogen-bond donors (Lipinski definition) is 0. The first kappa shape index (κ1) is 40.5. The Balaban J connectivity index is 1.10. The summed E-state index contributed by atoms with van der Waals surface area (Å²) in [6.07, 6.45) is 3.81. The van der Waals surface area contributed by atoms with E-state index >= 15 is 0 Å². The Labute approximate surface area is 412 Å². The van der Waals surface area contributed by atoms with Crippen molar-refractivity contribution in [3.8, 4) is 17.1 Å². The van der Waals surface area contributed by atoms with Gasteiger partial charge in [0.25, 0.3) is 0 Å². The molecule has 4 heterocycles. The number of para-hydroxylation sites is 6. The van der Waals surface area contributed by atoms with Gasteiger partial charge < -0.3 is 19.3 Å². The molecular formula is C65H44N6. The van der Waals surface area contributed by atoms with Crippen LogP contribution < -0.4 is 14.7 Å². The van der Waals surface area contributed by atoms with Gasteiger partial charge in [0, 0.05) is 68.7 Å². The molecular weight excluding hydrogens is 865 g/mol. The maximum Gasteiger partial charge on any atom is 0.0937 e. The van der Waals surface area contributed by atoms with E-state index in [1.54, 1.807) is 0 Å². The first-order valence-corrected chi connectivity index (χ1v) is 24.2. The van der Waals surface area contributed by atoms with Crippen molar-refractivity contribution >= 4 is 73.0 Å². The van der Waals surface area contributed by atoms with Crippen molar-refractivity contribution in [2.24, 2.45) is 0 Å². The van der Waals surface area contributed by atoms with E-state index in [9.17, 15) is 0 Å². The van der Waals surface area contributed by atoms with Gasteiger partial charge in [0.05, 0.1) is 39.2 Å². The molecule has 1 aliphatic heterocycles. The average molecular weight is 909 g/mol. The number of anilines is 9. The highest BCUT2D eigenvalue weighted by Crippen LogP contribution is 2.64. The predicted octanol–water partition coefficient (Wildman–Crippen LogP) is 16.7. The zero-order chi connectivity index (χ0) is 46.9. The summed E-state index contributed by atoms with van der Waals surface area (Å²) in [5.74, 6) is 0. The van der Waals surface area contributed by atoms with Gasteiger partial charge in [0.2, 0.25) is 0 Å². The monoisotopic (exact) mass is 908 g/mol. The van der Waals surface area contributed by atoms with E-state index in [2.05, 4.69) is 274 Å². The molecule has 1 aliphatic carbocycles. The highest BCUT2D eigenvalue weighted by molar-refractivity contribution is 6.11. The van der Waals surface area contributed by atoms with Crippen LogP contribution in [0.2, 0.25) is 0 Å². The molecule has 0 N–H and O–H groups in total. The standard InChI is InChI=1S/C65H44N6/c1-6-20-45(21-7-1)68(46-22-8-2-9-23-46)51-35-38-61-57(43-51)65(55-31-18-40-66-63(55)64-56(65)32-19-41-67-64)58-44-52(69(47-24-10-3-11-25-47)48-26-12-4-13-27-48)36-39-62(58)71(61)50-34-37-60-54(42-50)53-30-16-17-33-59(53)70(60)49-28-14-5-15-29-49/h1-44H. The fourth-order valence-electron chi connectivity index (χ4n) is 11.5. The van der Waals surface area contributed by atoms with Crippen LogP contribution in [0.1, 0.15) is 22.3 Å². The second-order valence-electron chi connectivity index (χ2n) is 18.2. The quantitative estimate of drug-likeness (QED) is 0.152. The molecule has 0 amide bonds. The van der Waals surface area contributed by atoms with Gasteiger partial charge in [-0.15, -0.1) is 0 Å². The Kier molecular flexibility index (Phi) is 9.32. The Morgan fingerprint density at radius 1 is 0.310 bits per heavy atom. The van der Waals surface area contributed by atoms with Crippen LogP contribution in [0.25, 0.3) is 38.9 Å². The van der Waals surface area contributed by atoms with Crippen molar-refractivity contribution < 1.29 is 0 Å². The first-order chi connectivity index (χ1) is 35.3. The van der Waals surface area contributed by atoms with Gasteiger partial charge >= 0.3 is 0 Å². The van der Waals surface area contributed by atoms with Crippen molar-refractivity contribution in [1.82, 2.24) is 14.5 Å². The molecule has 0 saturated heterocycles. The number of rotatable bonds is 8. The summed E-state index contributed by atoms with van der Waals surface area (Å²) in [6.45, 7) is 0. The number of benzene rings is 9. The topological polar surface area (TPSA) is 40.4 Å². The van der Waals surface area contributed by atoms with Crippen molar-refractivity contribution in [3.05, 3.63) is 289 Å². The lowest BCUT2D eigenvalue weighted by Gasteiger charge is -2.45. The van der Waals surface area contributed by atoms with Gasteiger partial charge in [-0.25, -0.2) is 0 Å². The normalized spacial score (nSPS) is 12.9. The molecule has 6 nitrogen and oxygen atoms in total. The zero-order valence-corrected chi connectivity index (χ0v) is 38.6. The second kappa shape index (κ2) is 16.3. The Morgan fingerprint density at radius 3 is 1.24 bits per heavy atom. The molecule has 14 rings (SSSR count). The van der Waals surface area contributed by atoms with Crippen molar-refractivity contribution in [2.75, 3.05) is 14.7 Å². The minimum absolute atomic E-state index is 0.841. The van der Waals surface area contributed by atoms with E-state index in [0.717, 1.165) is 96.0 Å². The summed E-state index contributed by atoms with van der Waals surface area (Å²) in [5.41, 5.74) is 18.4. The molecule has 71 heavy (non-hydrogen) atoms. The number of hydrogen-bond acceptors (Lipinski definition) is 5. The predicted molar refractivity (Wildman–Crippen MR) is 291 cm³/mol. The van der Waals surface area contributed by atoms with E-state index in [1.165, 1.54) is 16.3 Å². The molecule has 0 unspecified atom stereocenters. The van der Waals surface area contributed by atoms with E-state index in [0.29, 0.717) is 0 Å². The highest BCUT2D eigenvalue weighted by atomic mass is 15.2. The third-order valence-corrected chi connectivity index (χ3v) is 14.4. The Hall–Kier alpha value is -9.52. The van der Waals surface area contributed by atoms with Crippen molar-refractivity contribution in [1.29, 1.82) is 0 Å². The highest BCUT2D eigenvalue weighted by Gasteiger charge is 2.53. The number of nitrogens with zero attached hydrogens (tertiary/aromatic N) is 6. The second-order valence-corrected chi connectivity index (χ2v) is 18.2. The lowest BCUT2D eigenvalue weighted by atomic mass is 9.64. The van der Waals surface area contributed by atoms with Gasteiger partial charge in [0.15, 0.2) is 0 Å². The molecule has 0 saturated carbocycles. The van der Waals surface area contributed by atoms with E-state index < -0.39 is 5.41 Å². The minimum Gasteiger partial charge on any atom is -0.310 e. The fraction of sp³-hybridized carbons (Fsp3) is 0.0154. The zero-order valence-electron chi connectivity index (χ0n) is 38.6. The lowest BCUT2D eigenvalue weighted by molar-refractivity contribution is 0.749. The minimum atomic E-state index is -0.841. The molecule has 12 aromatic rings. The fourth-order valence-corrected chi connectivity index (χ4v) is 11.5. The summed E-state index contributed by atoms with van der Waals surface area (Å²) in [6, 6.07) is 92.0. The van der Waals surface area contributed by atoms with Crippen LogP contribution in [-0.4, -0.2) is 14.5 Å². The molecule has 6 heteroatoms. The molecule has 0 fully saturated rings. The van der Waals surface area contributed by atoms with E-state index in [4.69, 9.17) is 9.97 Å². The van der Waals surface area contributed by atoms with E-state index in [-0.39, 0.29) is 0 Å². The summed E-state index contributed by atoms with van der Waals surface area (Å²) < 4.78 is 2.38. The summed E-state index contributed by atoms with van der Waals surface area (Å²) in [5, 5.41) is 2.38. The van der Waals surface area contributed by atoms with Crippen LogP contribution in [0, 0.1) is 0 Å². The molecule has 0 bridgehead atoms. The first-order valence-electron chi connectivity index (χ1n) is 24.2. The van der Waals surface area contributed by atoms with Crippen molar-refractivity contribution in [3.63, 3.8) is 0 Å². The number of aromatic nitrogens is 3. The largest absolute Gasteiger partial charge is 0.310 e. The molecule has 334 valence electrons. The van der Waals surface area contributed by atoms with E-state index in [1.807, 2.05) is 12.4 Å². The Bertz CT molecular complexity index is 3690. The third kappa shape index (κ3) is 6.21. The van der Waals surface area contributed by atoms with Crippen LogP contribution in [0.5, 0.6) is 0 Å². The number of pyridine rings is 2. The average Bonchev–Trinajstić information content (AvgIpc) is 3.93. The lowest BCUT2D eigenvalue weighted by Crippen LogP contribution is -2.36. The number of fused-ring (bicyclic) bond motifs is 12. The molecule has 0 radical (unpaired) electrons.